The van der Waals surface area contributed by atoms with Crippen LogP contribution >= 0.6 is 0 Å². The van der Waals surface area contributed by atoms with Crippen molar-refractivity contribution in [3.05, 3.63) is 164 Å². The molecule has 5 nitrogen and oxygen atoms in total. The molecule has 0 aliphatic rings. The van der Waals surface area contributed by atoms with Crippen LogP contribution in [-0.4, -0.2) is 15.0 Å². The maximum absolute atomic E-state index is 6.67. The molecule has 0 unspecified atom stereocenters. The van der Waals surface area contributed by atoms with E-state index in [0.717, 1.165) is 82.5 Å². The summed E-state index contributed by atoms with van der Waals surface area (Å²) in [6.45, 7) is 0. The highest BCUT2D eigenvalue weighted by molar-refractivity contribution is 6.15. The first-order chi connectivity index (χ1) is 25.7. The first-order valence-electron chi connectivity index (χ1n) is 17.3. The Morgan fingerprint density at radius 3 is 1.90 bits per heavy atom. The van der Waals surface area contributed by atoms with Gasteiger partial charge in [-0.3, -0.25) is 0 Å². The van der Waals surface area contributed by atoms with Crippen LogP contribution in [0.4, 0.5) is 0 Å². The van der Waals surface area contributed by atoms with Crippen LogP contribution in [0.5, 0.6) is 0 Å². The van der Waals surface area contributed by atoms with Gasteiger partial charge in [0.15, 0.2) is 17.5 Å². The largest absolute Gasteiger partial charge is 0.456 e. The Balaban J connectivity index is 1.11. The van der Waals surface area contributed by atoms with Gasteiger partial charge in [-0.15, -0.1) is 0 Å². The van der Waals surface area contributed by atoms with Crippen LogP contribution < -0.4 is 0 Å². The molecule has 0 bridgehead atoms. The predicted molar refractivity (Wildman–Crippen MR) is 211 cm³/mol. The van der Waals surface area contributed by atoms with Crippen molar-refractivity contribution in [3.63, 3.8) is 0 Å². The van der Waals surface area contributed by atoms with Crippen LogP contribution in [0.2, 0.25) is 0 Å². The molecule has 0 saturated carbocycles. The minimum absolute atomic E-state index is 0.584. The van der Waals surface area contributed by atoms with E-state index in [1.807, 2.05) is 60.7 Å². The molecule has 52 heavy (non-hydrogen) atoms. The summed E-state index contributed by atoms with van der Waals surface area (Å²) < 4.78 is 12.9. The van der Waals surface area contributed by atoms with Crippen molar-refractivity contribution in [2.45, 2.75) is 0 Å². The molecule has 242 valence electrons. The van der Waals surface area contributed by atoms with Gasteiger partial charge in [0.25, 0.3) is 0 Å². The fraction of sp³-hybridized carbons (Fsp3) is 0. The Morgan fingerprint density at radius 1 is 0.327 bits per heavy atom. The van der Waals surface area contributed by atoms with Gasteiger partial charge in [-0.25, -0.2) is 15.0 Å². The lowest BCUT2D eigenvalue weighted by atomic mass is 9.98. The monoisotopic (exact) mass is 665 g/mol. The molecule has 11 rings (SSSR count). The second-order valence-corrected chi connectivity index (χ2v) is 13.2. The van der Waals surface area contributed by atoms with Gasteiger partial charge >= 0.3 is 0 Å². The predicted octanol–water partition coefficient (Wildman–Crippen LogP) is 12.6. The van der Waals surface area contributed by atoms with Crippen molar-refractivity contribution < 1.29 is 8.83 Å². The van der Waals surface area contributed by atoms with Crippen LogP contribution in [0.25, 0.3) is 111 Å². The fourth-order valence-corrected chi connectivity index (χ4v) is 7.57. The SMILES string of the molecule is c1ccc(-c2nc(-c3ccc4cc5c(cc4c3)oc3ccccc35)nc(-c3cccc4oc5c(-c6ccc7ccccc7c6)cccc5c34)n2)cc1. The molecule has 0 amide bonds. The molecule has 0 saturated heterocycles. The average Bonchev–Trinajstić information content (AvgIpc) is 3.78. The lowest BCUT2D eigenvalue weighted by molar-refractivity contribution is 0.669. The number of furan rings is 2. The maximum atomic E-state index is 6.67. The van der Waals surface area contributed by atoms with Crippen LogP contribution in [0.3, 0.4) is 0 Å². The van der Waals surface area contributed by atoms with Crippen molar-refractivity contribution in [2.75, 3.05) is 0 Å². The van der Waals surface area contributed by atoms with Gasteiger partial charge in [-0.05, 0) is 63.5 Å². The van der Waals surface area contributed by atoms with Crippen LogP contribution in [0, 0.1) is 0 Å². The summed E-state index contributed by atoms with van der Waals surface area (Å²) in [7, 11) is 0. The van der Waals surface area contributed by atoms with E-state index in [2.05, 4.69) is 103 Å². The van der Waals surface area contributed by atoms with Gasteiger partial charge in [-0.2, -0.15) is 0 Å². The van der Waals surface area contributed by atoms with Crippen LogP contribution in [0.15, 0.2) is 173 Å². The van der Waals surface area contributed by atoms with Gasteiger partial charge in [0.2, 0.25) is 0 Å². The van der Waals surface area contributed by atoms with Crippen LogP contribution in [-0.2, 0) is 0 Å². The van der Waals surface area contributed by atoms with Gasteiger partial charge in [0.05, 0.1) is 0 Å². The van der Waals surface area contributed by atoms with E-state index in [0.29, 0.717) is 17.5 Å². The molecule has 0 aliphatic carbocycles. The Labute approximate surface area is 297 Å². The third kappa shape index (κ3) is 4.53. The van der Waals surface area contributed by atoms with Gasteiger partial charge in [0.1, 0.15) is 22.3 Å². The van der Waals surface area contributed by atoms with Crippen molar-refractivity contribution >= 4 is 65.4 Å². The standard InChI is InChI=1S/C47H27N3O2/c1-2-11-29(12-3-1)45-48-46(33-23-21-31-26-39-36-14-6-7-18-40(36)51-42(39)27-34(31)25-33)50-47(49-45)38-17-9-19-41-43(38)37-16-8-15-35(44(37)52-41)32-22-20-28-10-4-5-13-30(28)24-32/h1-27H. The second-order valence-electron chi connectivity index (χ2n) is 13.2. The Kier molecular flexibility index (Phi) is 6.18. The van der Waals surface area contributed by atoms with Gasteiger partial charge < -0.3 is 8.83 Å². The molecule has 0 radical (unpaired) electrons. The number of hydrogen-bond donors (Lipinski definition) is 0. The molecule has 0 fully saturated rings. The summed E-state index contributed by atoms with van der Waals surface area (Å²) in [6.07, 6.45) is 0. The summed E-state index contributed by atoms with van der Waals surface area (Å²) in [5, 5.41) is 8.78. The molecular formula is C47H27N3O2. The van der Waals surface area contributed by atoms with E-state index < -0.39 is 0 Å². The van der Waals surface area contributed by atoms with Crippen molar-refractivity contribution in [1.82, 2.24) is 15.0 Å². The highest BCUT2D eigenvalue weighted by atomic mass is 16.3. The molecule has 3 aromatic heterocycles. The van der Waals surface area contributed by atoms with Gasteiger partial charge in [0, 0.05) is 43.8 Å². The number of aromatic nitrogens is 3. The molecule has 5 heteroatoms. The Bertz CT molecular complexity index is 3190. The number of rotatable bonds is 4. The molecule has 0 spiro atoms. The highest BCUT2D eigenvalue weighted by Gasteiger charge is 2.20. The third-order valence-corrected chi connectivity index (χ3v) is 10.1. The zero-order valence-electron chi connectivity index (χ0n) is 27.7. The van der Waals surface area contributed by atoms with E-state index in [9.17, 15) is 0 Å². The van der Waals surface area contributed by atoms with E-state index in [-0.39, 0.29) is 0 Å². The quantitative estimate of drug-likeness (QED) is 0.187. The summed E-state index contributed by atoms with van der Waals surface area (Å²) in [5.41, 5.74) is 8.20. The van der Waals surface area contributed by atoms with E-state index in [1.54, 1.807) is 0 Å². The average molecular weight is 666 g/mol. The molecule has 0 aliphatic heterocycles. The summed E-state index contributed by atoms with van der Waals surface area (Å²) in [6, 6.07) is 56.4. The first-order valence-corrected chi connectivity index (χ1v) is 17.3. The molecule has 0 N–H and O–H groups in total. The van der Waals surface area contributed by atoms with Gasteiger partial charge in [-0.1, -0.05) is 127 Å². The summed E-state index contributed by atoms with van der Waals surface area (Å²) >= 11 is 0. The topological polar surface area (TPSA) is 65.0 Å². The highest BCUT2D eigenvalue weighted by Crippen LogP contribution is 2.41. The van der Waals surface area contributed by atoms with E-state index >= 15 is 0 Å². The number of fused-ring (bicyclic) bond motifs is 8. The van der Waals surface area contributed by atoms with E-state index in [4.69, 9.17) is 23.8 Å². The minimum Gasteiger partial charge on any atom is -0.456 e. The van der Waals surface area contributed by atoms with Crippen molar-refractivity contribution in [2.24, 2.45) is 0 Å². The Morgan fingerprint density at radius 2 is 0.981 bits per heavy atom. The first kappa shape index (κ1) is 28.7. The lowest BCUT2D eigenvalue weighted by Crippen LogP contribution is -2.00. The molecule has 8 aromatic carbocycles. The molecule has 0 atom stereocenters. The summed E-state index contributed by atoms with van der Waals surface area (Å²) in [4.78, 5) is 15.3. The number of para-hydroxylation sites is 2. The smallest absolute Gasteiger partial charge is 0.164 e. The summed E-state index contributed by atoms with van der Waals surface area (Å²) in [5.74, 6) is 1.79. The van der Waals surface area contributed by atoms with Crippen LogP contribution in [0.1, 0.15) is 0 Å². The normalized spacial score (nSPS) is 11.8. The lowest BCUT2D eigenvalue weighted by Gasteiger charge is -2.10. The third-order valence-electron chi connectivity index (χ3n) is 10.1. The Hall–Kier alpha value is -7.11. The van der Waals surface area contributed by atoms with Crippen molar-refractivity contribution in [1.29, 1.82) is 0 Å². The molecule has 3 heterocycles. The minimum atomic E-state index is 0.584. The zero-order valence-corrected chi connectivity index (χ0v) is 27.7. The number of nitrogens with zero attached hydrogens (tertiary/aromatic N) is 3. The zero-order chi connectivity index (χ0) is 34.2. The maximum Gasteiger partial charge on any atom is 0.164 e. The molecular weight excluding hydrogens is 639 g/mol. The molecule has 11 aromatic rings. The van der Waals surface area contributed by atoms with E-state index in [1.165, 1.54) is 10.8 Å². The number of hydrogen-bond acceptors (Lipinski definition) is 5. The van der Waals surface area contributed by atoms with Crippen molar-refractivity contribution in [3.8, 4) is 45.3 Å². The second kappa shape index (κ2) is 11.2. The number of benzene rings is 8. The fourth-order valence-electron chi connectivity index (χ4n) is 7.57.